The summed E-state index contributed by atoms with van der Waals surface area (Å²) in [4.78, 5) is 0. The summed E-state index contributed by atoms with van der Waals surface area (Å²) in [5.74, 6) is 0. The zero-order valence-corrected chi connectivity index (χ0v) is 10.7. The van der Waals surface area contributed by atoms with Crippen LogP contribution in [0.25, 0.3) is 11.0 Å². The van der Waals surface area contributed by atoms with E-state index in [4.69, 9.17) is 4.42 Å². The summed E-state index contributed by atoms with van der Waals surface area (Å²) in [5.41, 5.74) is 0.317. The third-order valence-corrected chi connectivity index (χ3v) is 3.35. The zero-order valence-electron chi connectivity index (χ0n) is 10.7. The maximum atomic E-state index is 10.6. The average Bonchev–Trinajstić information content (AvgIpc) is 2.82. The molecule has 1 aromatic heterocycles. The minimum Gasteiger partial charge on any atom is -0.464 e. The van der Waals surface area contributed by atoms with E-state index < -0.39 is 11.6 Å². The highest BCUT2D eigenvalue weighted by Gasteiger charge is 2.33. The first-order valence-corrected chi connectivity index (χ1v) is 6.14. The molecule has 1 aromatic carbocycles. The number of aliphatic hydroxyl groups is 2. The number of furan rings is 1. The van der Waals surface area contributed by atoms with Gasteiger partial charge in [0.25, 0.3) is 0 Å². The second-order valence-electron chi connectivity index (χ2n) is 4.61. The van der Waals surface area contributed by atoms with Crippen molar-refractivity contribution in [2.24, 2.45) is 0 Å². The normalized spacial score (nSPS) is 16.7. The predicted molar refractivity (Wildman–Crippen MR) is 70.3 cm³/mol. The fourth-order valence-electron chi connectivity index (χ4n) is 2.16. The van der Waals surface area contributed by atoms with Gasteiger partial charge < -0.3 is 19.9 Å². The fraction of sp³-hybridized carbons (Fsp3) is 0.429. The first kappa shape index (κ1) is 13.1. The molecule has 2 aromatic rings. The van der Waals surface area contributed by atoms with Crippen molar-refractivity contribution >= 4 is 11.0 Å². The zero-order chi connectivity index (χ0) is 13.2. The lowest BCUT2D eigenvalue weighted by molar-refractivity contribution is -0.00515. The van der Waals surface area contributed by atoms with Gasteiger partial charge in [0.05, 0.1) is 18.9 Å². The Morgan fingerprint density at radius 1 is 1.39 bits per heavy atom. The molecule has 0 aliphatic carbocycles. The highest BCUT2D eigenvalue weighted by molar-refractivity contribution is 5.77. The molecule has 98 valence electrons. The van der Waals surface area contributed by atoms with E-state index in [1.807, 2.05) is 31.2 Å². The first-order chi connectivity index (χ1) is 8.59. The van der Waals surface area contributed by atoms with Gasteiger partial charge in [-0.05, 0) is 31.2 Å². The van der Waals surface area contributed by atoms with E-state index in [9.17, 15) is 10.2 Å². The Balaban J connectivity index is 2.37. The number of rotatable bonds is 5. The minimum atomic E-state index is -1.15. The summed E-state index contributed by atoms with van der Waals surface area (Å²) in [7, 11) is 0. The Bertz CT molecular complexity index is 518. The molecule has 0 amide bonds. The monoisotopic (exact) mass is 249 g/mol. The molecule has 2 rings (SSSR count). The molecule has 4 heteroatoms. The van der Waals surface area contributed by atoms with E-state index >= 15 is 0 Å². The van der Waals surface area contributed by atoms with Gasteiger partial charge in [0.2, 0.25) is 0 Å². The Morgan fingerprint density at radius 3 is 2.83 bits per heavy atom. The van der Waals surface area contributed by atoms with Gasteiger partial charge >= 0.3 is 0 Å². The van der Waals surface area contributed by atoms with Gasteiger partial charge in [0.1, 0.15) is 11.2 Å². The summed E-state index contributed by atoms with van der Waals surface area (Å²) < 4.78 is 5.33. The standard InChI is InChI=1S/C14H19NO3/c1-3-15-13(9-16)14(2,17)11-5-4-10-6-7-18-12(10)8-11/h4-8,13,15-17H,3,9H2,1-2H3. The molecule has 0 saturated heterocycles. The van der Waals surface area contributed by atoms with Crippen molar-refractivity contribution in [1.82, 2.24) is 5.32 Å². The molecule has 1 heterocycles. The van der Waals surface area contributed by atoms with Crippen molar-refractivity contribution in [2.45, 2.75) is 25.5 Å². The number of hydrogen-bond acceptors (Lipinski definition) is 4. The average molecular weight is 249 g/mol. The Hall–Kier alpha value is -1.36. The van der Waals surface area contributed by atoms with Gasteiger partial charge in [-0.2, -0.15) is 0 Å². The maximum Gasteiger partial charge on any atom is 0.134 e. The molecular formula is C14H19NO3. The van der Waals surface area contributed by atoms with Gasteiger partial charge in [-0.1, -0.05) is 19.1 Å². The molecule has 0 aliphatic heterocycles. The van der Waals surface area contributed by atoms with Crippen LogP contribution in [0.2, 0.25) is 0 Å². The molecule has 4 nitrogen and oxygen atoms in total. The van der Waals surface area contributed by atoms with Crippen LogP contribution in [0.15, 0.2) is 34.9 Å². The van der Waals surface area contributed by atoms with Crippen molar-refractivity contribution < 1.29 is 14.6 Å². The van der Waals surface area contributed by atoms with Gasteiger partial charge in [-0.25, -0.2) is 0 Å². The quantitative estimate of drug-likeness (QED) is 0.753. The summed E-state index contributed by atoms with van der Waals surface area (Å²) in [6.45, 7) is 4.19. The molecule has 0 radical (unpaired) electrons. The van der Waals surface area contributed by atoms with Crippen LogP contribution in [-0.4, -0.2) is 29.4 Å². The van der Waals surface area contributed by atoms with Crippen molar-refractivity contribution in [1.29, 1.82) is 0 Å². The number of nitrogens with one attached hydrogen (secondary N) is 1. The lowest BCUT2D eigenvalue weighted by atomic mass is 9.88. The molecule has 2 unspecified atom stereocenters. The molecular weight excluding hydrogens is 230 g/mol. The predicted octanol–water partition coefficient (Wildman–Crippen LogP) is 1.61. The number of likely N-dealkylation sites (N-methyl/N-ethyl adjacent to an activating group) is 1. The summed E-state index contributed by atoms with van der Waals surface area (Å²) in [6.07, 6.45) is 1.62. The van der Waals surface area contributed by atoms with Crippen LogP contribution in [0, 0.1) is 0 Å². The van der Waals surface area contributed by atoms with Crippen LogP contribution in [-0.2, 0) is 5.60 Å². The van der Waals surface area contributed by atoms with E-state index in [1.165, 1.54) is 0 Å². The first-order valence-electron chi connectivity index (χ1n) is 6.14. The van der Waals surface area contributed by atoms with Crippen molar-refractivity contribution in [3.05, 3.63) is 36.1 Å². The second kappa shape index (κ2) is 5.10. The van der Waals surface area contributed by atoms with Crippen LogP contribution in [0.5, 0.6) is 0 Å². The van der Waals surface area contributed by atoms with E-state index in [-0.39, 0.29) is 6.61 Å². The summed E-state index contributed by atoms with van der Waals surface area (Å²) in [6, 6.07) is 7.05. The summed E-state index contributed by atoms with van der Waals surface area (Å²) >= 11 is 0. The Morgan fingerprint density at radius 2 is 2.17 bits per heavy atom. The molecule has 3 N–H and O–H groups in total. The number of aliphatic hydroxyl groups excluding tert-OH is 1. The summed E-state index contributed by atoms with van der Waals surface area (Å²) in [5, 5.41) is 24.1. The molecule has 0 saturated carbocycles. The number of fused-ring (bicyclic) bond motifs is 1. The van der Waals surface area contributed by atoms with E-state index in [0.717, 1.165) is 16.5 Å². The molecule has 2 atom stereocenters. The Labute approximate surface area is 106 Å². The van der Waals surface area contributed by atoms with Gasteiger partial charge in [0, 0.05) is 5.39 Å². The van der Waals surface area contributed by atoms with Crippen molar-refractivity contribution in [3.63, 3.8) is 0 Å². The van der Waals surface area contributed by atoms with Crippen LogP contribution in [0.4, 0.5) is 0 Å². The highest BCUT2D eigenvalue weighted by Crippen LogP contribution is 2.28. The third-order valence-electron chi connectivity index (χ3n) is 3.35. The second-order valence-corrected chi connectivity index (χ2v) is 4.61. The van der Waals surface area contributed by atoms with E-state index in [2.05, 4.69) is 5.32 Å². The molecule has 18 heavy (non-hydrogen) atoms. The van der Waals surface area contributed by atoms with E-state index in [1.54, 1.807) is 13.2 Å². The minimum absolute atomic E-state index is 0.128. The largest absolute Gasteiger partial charge is 0.464 e. The number of hydrogen-bond donors (Lipinski definition) is 3. The van der Waals surface area contributed by atoms with Gasteiger partial charge in [-0.15, -0.1) is 0 Å². The SMILES string of the molecule is CCNC(CO)C(C)(O)c1ccc2ccoc2c1. The fourth-order valence-corrected chi connectivity index (χ4v) is 2.16. The Kier molecular flexibility index (Phi) is 3.71. The molecule has 0 aliphatic rings. The molecule has 0 fully saturated rings. The van der Waals surface area contributed by atoms with Crippen LogP contribution < -0.4 is 5.32 Å². The van der Waals surface area contributed by atoms with Gasteiger partial charge in [-0.3, -0.25) is 0 Å². The smallest absolute Gasteiger partial charge is 0.134 e. The number of benzene rings is 1. The van der Waals surface area contributed by atoms with Gasteiger partial charge in [0.15, 0.2) is 0 Å². The van der Waals surface area contributed by atoms with Crippen molar-refractivity contribution in [2.75, 3.05) is 13.2 Å². The lowest BCUT2D eigenvalue weighted by Crippen LogP contribution is -2.49. The van der Waals surface area contributed by atoms with Crippen LogP contribution >= 0.6 is 0 Å². The lowest BCUT2D eigenvalue weighted by Gasteiger charge is -2.32. The van der Waals surface area contributed by atoms with E-state index in [0.29, 0.717) is 6.54 Å². The van der Waals surface area contributed by atoms with Crippen LogP contribution in [0.3, 0.4) is 0 Å². The molecule has 0 bridgehead atoms. The third kappa shape index (κ3) is 2.27. The topological polar surface area (TPSA) is 65.6 Å². The van der Waals surface area contributed by atoms with Crippen LogP contribution in [0.1, 0.15) is 19.4 Å². The highest BCUT2D eigenvalue weighted by atomic mass is 16.3. The maximum absolute atomic E-state index is 10.6. The molecule has 0 spiro atoms. The van der Waals surface area contributed by atoms with Crippen molar-refractivity contribution in [3.8, 4) is 0 Å².